The van der Waals surface area contributed by atoms with Crippen molar-refractivity contribution in [1.29, 1.82) is 0 Å². The molecule has 37 heavy (non-hydrogen) atoms. The van der Waals surface area contributed by atoms with Gasteiger partial charge in [-0.15, -0.1) is 0 Å². The smallest absolute Gasteiger partial charge is 0.321 e. The van der Waals surface area contributed by atoms with Crippen LogP contribution in [0.4, 0.5) is 14.9 Å². The van der Waals surface area contributed by atoms with Crippen molar-refractivity contribution in [2.45, 2.75) is 13.5 Å². The molecule has 3 amide bonds. The quantitative estimate of drug-likeness (QED) is 0.486. The summed E-state index contributed by atoms with van der Waals surface area (Å²) in [7, 11) is 1.59. The second kappa shape index (κ2) is 12.4. The van der Waals surface area contributed by atoms with Crippen molar-refractivity contribution in [2.24, 2.45) is 0 Å². The van der Waals surface area contributed by atoms with E-state index in [2.05, 4.69) is 10.2 Å². The highest BCUT2D eigenvalue weighted by atomic mass is 19.1. The van der Waals surface area contributed by atoms with Crippen LogP contribution in [0.25, 0.3) is 0 Å². The van der Waals surface area contributed by atoms with Crippen LogP contribution < -0.4 is 10.1 Å². The van der Waals surface area contributed by atoms with Gasteiger partial charge in [0.1, 0.15) is 11.6 Å². The molecule has 1 heterocycles. The number of benzene rings is 3. The summed E-state index contributed by atoms with van der Waals surface area (Å²) in [6.45, 7) is 6.23. The van der Waals surface area contributed by atoms with Gasteiger partial charge in [-0.2, -0.15) is 0 Å². The van der Waals surface area contributed by atoms with E-state index in [4.69, 9.17) is 4.74 Å². The van der Waals surface area contributed by atoms with Crippen molar-refractivity contribution in [3.05, 3.63) is 95.3 Å². The second-order valence-corrected chi connectivity index (χ2v) is 9.21. The average Bonchev–Trinajstić information content (AvgIpc) is 2.92. The van der Waals surface area contributed by atoms with Gasteiger partial charge >= 0.3 is 6.03 Å². The molecule has 194 valence electrons. The zero-order valence-electron chi connectivity index (χ0n) is 21.3. The first-order valence-corrected chi connectivity index (χ1v) is 12.4. The fourth-order valence-electron chi connectivity index (χ4n) is 4.28. The minimum atomic E-state index is -0.298. The maximum absolute atomic E-state index is 13.4. The van der Waals surface area contributed by atoms with E-state index in [9.17, 15) is 14.0 Å². The Balaban J connectivity index is 1.33. The molecule has 1 saturated heterocycles. The van der Waals surface area contributed by atoms with E-state index in [0.29, 0.717) is 62.8 Å². The molecule has 1 fully saturated rings. The van der Waals surface area contributed by atoms with E-state index in [0.717, 1.165) is 11.1 Å². The molecule has 0 aliphatic carbocycles. The van der Waals surface area contributed by atoms with E-state index < -0.39 is 0 Å². The summed E-state index contributed by atoms with van der Waals surface area (Å²) in [5.74, 6) is 0.335. The second-order valence-electron chi connectivity index (χ2n) is 9.21. The van der Waals surface area contributed by atoms with Gasteiger partial charge in [-0.05, 0) is 48.9 Å². The van der Waals surface area contributed by atoms with Gasteiger partial charge in [0, 0.05) is 63.1 Å². The Hall–Kier alpha value is -3.91. The number of urea groups is 1. The number of amides is 3. The number of carbonyl (C=O) groups excluding carboxylic acids is 2. The Morgan fingerprint density at radius 1 is 0.973 bits per heavy atom. The van der Waals surface area contributed by atoms with E-state index in [-0.39, 0.29) is 17.8 Å². The normalized spacial score (nSPS) is 13.8. The van der Waals surface area contributed by atoms with Crippen LogP contribution in [0.3, 0.4) is 0 Å². The van der Waals surface area contributed by atoms with Gasteiger partial charge in [0.2, 0.25) is 0 Å². The topological polar surface area (TPSA) is 65.1 Å². The number of hydrogen-bond acceptors (Lipinski definition) is 4. The van der Waals surface area contributed by atoms with Crippen molar-refractivity contribution in [3.63, 3.8) is 0 Å². The molecule has 3 aromatic rings. The van der Waals surface area contributed by atoms with E-state index in [1.165, 1.54) is 12.1 Å². The van der Waals surface area contributed by atoms with Crippen LogP contribution >= 0.6 is 0 Å². The molecule has 4 rings (SSSR count). The predicted molar refractivity (Wildman–Crippen MR) is 142 cm³/mol. The lowest BCUT2D eigenvalue weighted by molar-refractivity contribution is 0.0704. The third-order valence-corrected chi connectivity index (χ3v) is 6.54. The minimum Gasteiger partial charge on any atom is -0.497 e. The van der Waals surface area contributed by atoms with Gasteiger partial charge in [0.25, 0.3) is 5.91 Å². The monoisotopic (exact) mass is 504 g/mol. The molecule has 1 N–H and O–H groups in total. The molecule has 0 bridgehead atoms. The Kier molecular flexibility index (Phi) is 8.74. The summed E-state index contributed by atoms with van der Waals surface area (Å²) in [4.78, 5) is 31.9. The molecular formula is C29H33FN4O3. The Labute approximate surface area is 217 Å². The van der Waals surface area contributed by atoms with Crippen molar-refractivity contribution >= 4 is 17.6 Å². The highest BCUT2D eigenvalue weighted by molar-refractivity contribution is 5.94. The number of nitrogens with zero attached hydrogens (tertiary/aromatic N) is 3. The van der Waals surface area contributed by atoms with E-state index >= 15 is 0 Å². The number of halogens is 1. The van der Waals surface area contributed by atoms with Crippen LogP contribution in [0.2, 0.25) is 0 Å². The summed E-state index contributed by atoms with van der Waals surface area (Å²) >= 11 is 0. The van der Waals surface area contributed by atoms with E-state index in [1.807, 2.05) is 49.4 Å². The molecule has 0 spiro atoms. The van der Waals surface area contributed by atoms with Gasteiger partial charge in [-0.1, -0.05) is 35.9 Å². The van der Waals surface area contributed by atoms with Crippen LogP contribution in [-0.2, 0) is 6.54 Å². The molecule has 1 aliphatic heterocycles. The first kappa shape index (κ1) is 26.2. The molecule has 8 heteroatoms. The molecule has 0 radical (unpaired) electrons. The van der Waals surface area contributed by atoms with Crippen molar-refractivity contribution in [3.8, 4) is 5.75 Å². The van der Waals surface area contributed by atoms with Crippen LogP contribution in [0.15, 0.2) is 72.8 Å². The van der Waals surface area contributed by atoms with E-state index in [1.54, 1.807) is 35.1 Å². The molecule has 0 unspecified atom stereocenters. The summed E-state index contributed by atoms with van der Waals surface area (Å²) in [5.41, 5.74) is 3.29. The summed E-state index contributed by atoms with van der Waals surface area (Å²) < 4.78 is 18.6. The van der Waals surface area contributed by atoms with Gasteiger partial charge in [-0.3, -0.25) is 9.69 Å². The minimum absolute atomic E-state index is 0.0550. The molecule has 0 aromatic heterocycles. The molecule has 1 aliphatic rings. The maximum atomic E-state index is 13.4. The predicted octanol–water partition coefficient (Wildman–Crippen LogP) is 4.63. The average molecular weight is 505 g/mol. The Morgan fingerprint density at radius 2 is 1.68 bits per heavy atom. The Bertz CT molecular complexity index is 1190. The number of anilines is 1. The maximum Gasteiger partial charge on any atom is 0.321 e. The number of piperazine rings is 1. The molecule has 3 aromatic carbocycles. The molecule has 7 nitrogen and oxygen atoms in total. The first-order valence-electron chi connectivity index (χ1n) is 12.4. The summed E-state index contributed by atoms with van der Waals surface area (Å²) in [6, 6.07) is 20.9. The van der Waals surface area contributed by atoms with Gasteiger partial charge in [0.15, 0.2) is 0 Å². The number of hydrogen-bond donors (Lipinski definition) is 1. The van der Waals surface area contributed by atoms with Crippen LogP contribution in [0.1, 0.15) is 21.5 Å². The van der Waals surface area contributed by atoms with Gasteiger partial charge < -0.3 is 19.9 Å². The zero-order valence-corrected chi connectivity index (χ0v) is 21.3. The van der Waals surface area contributed by atoms with Crippen LogP contribution in [0, 0.1) is 12.7 Å². The fourth-order valence-corrected chi connectivity index (χ4v) is 4.28. The van der Waals surface area contributed by atoms with Crippen molar-refractivity contribution < 1.29 is 18.7 Å². The third kappa shape index (κ3) is 7.30. The number of methoxy groups -OCH3 is 1. The SMILES string of the molecule is COc1cccc(NC(=O)N2CCN(CCN(Cc3ccc(F)cc3)C(=O)c3ccc(C)cc3)CC2)c1. The highest BCUT2D eigenvalue weighted by Gasteiger charge is 2.23. The van der Waals surface area contributed by atoms with Crippen molar-refractivity contribution in [1.82, 2.24) is 14.7 Å². The van der Waals surface area contributed by atoms with Gasteiger partial charge in [0.05, 0.1) is 7.11 Å². The number of nitrogens with one attached hydrogen (secondary N) is 1. The lowest BCUT2D eigenvalue weighted by atomic mass is 10.1. The van der Waals surface area contributed by atoms with Gasteiger partial charge in [-0.25, -0.2) is 9.18 Å². The summed E-state index contributed by atoms with van der Waals surface area (Å²) in [5, 5.41) is 2.93. The first-order chi connectivity index (χ1) is 17.9. The Morgan fingerprint density at radius 3 is 2.35 bits per heavy atom. The molecule has 0 atom stereocenters. The lowest BCUT2D eigenvalue weighted by Gasteiger charge is -2.36. The zero-order chi connectivity index (χ0) is 26.2. The van der Waals surface area contributed by atoms with Crippen LogP contribution in [-0.4, -0.2) is 73.0 Å². The van der Waals surface area contributed by atoms with Crippen molar-refractivity contribution in [2.75, 3.05) is 51.7 Å². The number of rotatable bonds is 8. The number of aryl methyl sites for hydroxylation is 1. The third-order valence-electron chi connectivity index (χ3n) is 6.54. The highest BCUT2D eigenvalue weighted by Crippen LogP contribution is 2.18. The number of carbonyl (C=O) groups is 2. The largest absolute Gasteiger partial charge is 0.497 e. The molecular weight excluding hydrogens is 471 g/mol. The summed E-state index contributed by atoms with van der Waals surface area (Å²) in [6.07, 6.45) is 0. The lowest BCUT2D eigenvalue weighted by Crippen LogP contribution is -2.51. The standard InChI is InChI=1S/C29H33FN4O3/c1-22-6-10-24(11-7-22)28(35)34(21-23-8-12-25(30)13-9-23)19-16-32-14-17-33(18-15-32)29(36)31-26-4-3-5-27(20-26)37-2/h3-13,20H,14-19,21H2,1-2H3,(H,31,36). The fraction of sp³-hybridized carbons (Fsp3) is 0.310. The van der Waals surface area contributed by atoms with Crippen LogP contribution in [0.5, 0.6) is 5.75 Å². The number of ether oxygens (including phenoxy) is 1. The molecule has 0 saturated carbocycles.